The molecule has 1 heterocycles. The zero-order valence-electron chi connectivity index (χ0n) is 11.5. The van der Waals surface area contributed by atoms with Gasteiger partial charge in [0.2, 0.25) is 0 Å². The van der Waals surface area contributed by atoms with Crippen LogP contribution in [0.25, 0.3) is 0 Å². The Morgan fingerprint density at radius 1 is 1.35 bits per heavy atom. The average molecular weight is 299 g/mol. The summed E-state index contributed by atoms with van der Waals surface area (Å²) in [4.78, 5) is 14.3. The van der Waals surface area contributed by atoms with Crippen molar-refractivity contribution in [3.05, 3.63) is 35.1 Å². The van der Waals surface area contributed by atoms with Crippen molar-refractivity contribution in [3.8, 4) is 0 Å². The van der Waals surface area contributed by atoms with Gasteiger partial charge in [0.15, 0.2) is 0 Å². The molecule has 0 radical (unpaired) electrons. The predicted octanol–water partition coefficient (Wildman–Crippen LogP) is 2.37. The molecule has 110 valence electrons. The SMILES string of the molecule is Cc1cc(C(=O)N2CC3CCC(N)C3C2)ccc1F.Cl. The number of amides is 1. The van der Waals surface area contributed by atoms with Crippen molar-refractivity contribution in [1.82, 2.24) is 4.90 Å². The molecule has 1 aromatic rings. The van der Waals surface area contributed by atoms with Crippen LogP contribution in [-0.2, 0) is 0 Å². The molecule has 0 spiro atoms. The Balaban J connectivity index is 0.00000147. The second-order valence-corrected chi connectivity index (χ2v) is 5.84. The van der Waals surface area contributed by atoms with Crippen molar-refractivity contribution in [2.75, 3.05) is 13.1 Å². The molecule has 3 unspecified atom stereocenters. The minimum absolute atomic E-state index is 0. The van der Waals surface area contributed by atoms with E-state index >= 15 is 0 Å². The van der Waals surface area contributed by atoms with E-state index in [0.717, 1.165) is 25.9 Å². The largest absolute Gasteiger partial charge is 0.338 e. The summed E-state index contributed by atoms with van der Waals surface area (Å²) in [7, 11) is 0. The molecule has 3 atom stereocenters. The van der Waals surface area contributed by atoms with Crippen molar-refractivity contribution in [3.63, 3.8) is 0 Å². The number of nitrogens with two attached hydrogens (primary N) is 1. The molecule has 20 heavy (non-hydrogen) atoms. The summed E-state index contributed by atoms with van der Waals surface area (Å²) in [5, 5.41) is 0. The number of fused-ring (bicyclic) bond motifs is 1. The van der Waals surface area contributed by atoms with E-state index in [1.807, 2.05) is 4.90 Å². The zero-order chi connectivity index (χ0) is 13.6. The first kappa shape index (κ1) is 15.3. The average Bonchev–Trinajstić information content (AvgIpc) is 2.95. The van der Waals surface area contributed by atoms with Crippen molar-refractivity contribution >= 4 is 18.3 Å². The number of benzene rings is 1. The van der Waals surface area contributed by atoms with Crippen molar-refractivity contribution in [1.29, 1.82) is 0 Å². The summed E-state index contributed by atoms with van der Waals surface area (Å²) in [5.41, 5.74) is 7.17. The van der Waals surface area contributed by atoms with Gasteiger partial charge in [0.1, 0.15) is 5.82 Å². The standard InChI is InChI=1S/C15H19FN2O.ClH/c1-9-6-10(2-4-13(9)16)15(19)18-7-11-3-5-14(17)12(11)8-18;/h2,4,6,11-12,14H,3,5,7-8,17H2,1H3;1H. The number of hydrogen-bond donors (Lipinski definition) is 1. The van der Waals surface area contributed by atoms with Gasteiger partial charge in [-0.2, -0.15) is 0 Å². The van der Waals surface area contributed by atoms with E-state index in [-0.39, 0.29) is 30.2 Å². The molecule has 1 saturated heterocycles. The molecule has 5 heteroatoms. The summed E-state index contributed by atoms with van der Waals surface area (Å²) < 4.78 is 13.2. The van der Waals surface area contributed by atoms with Crippen LogP contribution in [0.3, 0.4) is 0 Å². The first-order valence-electron chi connectivity index (χ1n) is 6.87. The highest BCUT2D eigenvalue weighted by molar-refractivity contribution is 5.94. The van der Waals surface area contributed by atoms with Crippen molar-refractivity contribution in [2.45, 2.75) is 25.8 Å². The first-order valence-corrected chi connectivity index (χ1v) is 6.87. The zero-order valence-corrected chi connectivity index (χ0v) is 12.3. The quantitative estimate of drug-likeness (QED) is 0.865. The highest BCUT2D eigenvalue weighted by Gasteiger charge is 2.42. The van der Waals surface area contributed by atoms with Gasteiger partial charge in [0.05, 0.1) is 0 Å². The summed E-state index contributed by atoms with van der Waals surface area (Å²) in [6, 6.07) is 4.80. The van der Waals surface area contributed by atoms with Gasteiger partial charge in [-0.05, 0) is 55.4 Å². The highest BCUT2D eigenvalue weighted by atomic mass is 35.5. The van der Waals surface area contributed by atoms with E-state index in [1.54, 1.807) is 19.1 Å². The molecular weight excluding hydrogens is 279 g/mol. The van der Waals surface area contributed by atoms with E-state index < -0.39 is 0 Å². The number of carbonyl (C=O) groups is 1. The van der Waals surface area contributed by atoms with Gasteiger partial charge in [-0.25, -0.2) is 4.39 Å². The van der Waals surface area contributed by atoms with Crippen LogP contribution >= 0.6 is 12.4 Å². The second-order valence-electron chi connectivity index (χ2n) is 5.84. The fourth-order valence-electron chi connectivity index (χ4n) is 3.43. The Morgan fingerprint density at radius 2 is 2.10 bits per heavy atom. The van der Waals surface area contributed by atoms with E-state index in [2.05, 4.69) is 0 Å². The molecule has 1 aliphatic carbocycles. The topological polar surface area (TPSA) is 46.3 Å². The van der Waals surface area contributed by atoms with E-state index in [9.17, 15) is 9.18 Å². The van der Waals surface area contributed by atoms with Gasteiger partial charge in [-0.3, -0.25) is 4.79 Å². The molecule has 1 amide bonds. The number of rotatable bonds is 1. The molecule has 0 aromatic heterocycles. The lowest BCUT2D eigenvalue weighted by atomic mass is 9.98. The molecule has 1 aromatic carbocycles. The molecule has 1 saturated carbocycles. The number of hydrogen-bond acceptors (Lipinski definition) is 2. The Morgan fingerprint density at radius 3 is 2.75 bits per heavy atom. The Hall–Kier alpha value is -1.13. The molecule has 2 aliphatic rings. The van der Waals surface area contributed by atoms with E-state index in [0.29, 0.717) is 23.0 Å². The van der Waals surface area contributed by atoms with Gasteiger partial charge in [0.25, 0.3) is 5.91 Å². The number of aryl methyl sites for hydroxylation is 1. The van der Waals surface area contributed by atoms with Crippen LogP contribution in [0, 0.1) is 24.6 Å². The number of likely N-dealkylation sites (tertiary alicyclic amines) is 1. The lowest BCUT2D eigenvalue weighted by molar-refractivity contribution is 0.0779. The maximum atomic E-state index is 13.2. The molecular formula is C15H20ClFN2O. The van der Waals surface area contributed by atoms with Gasteiger partial charge in [-0.1, -0.05) is 0 Å². The monoisotopic (exact) mass is 298 g/mol. The normalized spacial score (nSPS) is 28.1. The summed E-state index contributed by atoms with van der Waals surface area (Å²) in [5.74, 6) is 0.743. The second kappa shape index (κ2) is 5.70. The Bertz CT molecular complexity index is 523. The first-order chi connectivity index (χ1) is 9.06. The lowest BCUT2D eigenvalue weighted by Gasteiger charge is -2.19. The minimum atomic E-state index is -0.267. The number of nitrogens with zero attached hydrogens (tertiary/aromatic N) is 1. The molecule has 3 rings (SSSR count). The Labute approximate surface area is 124 Å². The van der Waals surface area contributed by atoms with Crippen LogP contribution in [0.15, 0.2) is 18.2 Å². The number of carbonyl (C=O) groups excluding carboxylic acids is 1. The molecule has 3 nitrogen and oxygen atoms in total. The van der Waals surface area contributed by atoms with Gasteiger partial charge >= 0.3 is 0 Å². The molecule has 1 aliphatic heterocycles. The molecule has 0 bridgehead atoms. The van der Waals surface area contributed by atoms with Crippen molar-refractivity contribution in [2.24, 2.45) is 17.6 Å². The third kappa shape index (κ3) is 2.54. The van der Waals surface area contributed by atoms with Gasteiger partial charge in [0, 0.05) is 24.7 Å². The van der Waals surface area contributed by atoms with E-state index in [4.69, 9.17) is 5.73 Å². The molecule has 2 fully saturated rings. The lowest BCUT2D eigenvalue weighted by Crippen LogP contribution is -2.33. The van der Waals surface area contributed by atoms with Crippen LogP contribution in [0.1, 0.15) is 28.8 Å². The van der Waals surface area contributed by atoms with Gasteiger partial charge in [-0.15, -0.1) is 12.4 Å². The van der Waals surface area contributed by atoms with Crippen LogP contribution in [-0.4, -0.2) is 29.9 Å². The maximum Gasteiger partial charge on any atom is 0.253 e. The Kier molecular flexibility index (Phi) is 4.35. The fraction of sp³-hybridized carbons (Fsp3) is 0.533. The maximum absolute atomic E-state index is 13.2. The number of halogens is 2. The third-order valence-electron chi connectivity index (χ3n) is 4.60. The van der Waals surface area contributed by atoms with E-state index in [1.165, 1.54) is 6.07 Å². The van der Waals surface area contributed by atoms with Crippen LogP contribution < -0.4 is 5.73 Å². The predicted molar refractivity (Wildman–Crippen MR) is 78.5 cm³/mol. The third-order valence-corrected chi connectivity index (χ3v) is 4.60. The minimum Gasteiger partial charge on any atom is -0.338 e. The smallest absolute Gasteiger partial charge is 0.253 e. The van der Waals surface area contributed by atoms with Crippen LogP contribution in [0.2, 0.25) is 0 Å². The summed E-state index contributed by atoms with van der Waals surface area (Å²) in [6.45, 7) is 3.23. The fourth-order valence-corrected chi connectivity index (χ4v) is 3.43. The molecule has 2 N–H and O–H groups in total. The van der Waals surface area contributed by atoms with Crippen LogP contribution in [0.5, 0.6) is 0 Å². The highest BCUT2D eigenvalue weighted by Crippen LogP contribution is 2.37. The van der Waals surface area contributed by atoms with Gasteiger partial charge < -0.3 is 10.6 Å². The summed E-state index contributed by atoms with van der Waals surface area (Å²) >= 11 is 0. The van der Waals surface area contributed by atoms with Crippen LogP contribution in [0.4, 0.5) is 4.39 Å². The summed E-state index contributed by atoms with van der Waals surface area (Å²) in [6.07, 6.45) is 2.20. The van der Waals surface area contributed by atoms with Crippen molar-refractivity contribution < 1.29 is 9.18 Å².